The molecular formula is C23H26FNO5S. The van der Waals surface area contributed by atoms with E-state index in [9.17, 15) is 22.7 Å². The molecule has 2 aromatic carbocycles. The molecule has 8 heteroatoms. The van der Waals surface area contributed by atoms with Gasteiger partial charge in [0.2, 0.25) is 15.7 Å². The topological polar surface area (TPSA) is 83.9 Å². The van der Waals surface area contributed by atoms with Crippen LogP contribution in [0.3, 0.4) is 0 Å². The fourth-order valence-electron chi connectivity index (χ4n) is 4.80. The number of hydrogen-bond donors (Lipinski definition) is 1. The summed E-state index contributed by atoms with van der Waals surface area (Å²) in [5, 5.41) is 11.8. The molecule has 1 N–H and O–H groups in total. The number of carbonyl (C=O) groups is 1. The third-order valence-electron chi connectivity index (χ3n) is 6.59. The van der Waals surface area contributed by atoms with Gasteiger partial charge in [0.1, 0.15) is 16.5 Å². The lowest BCUT2D eigenvalue weighted by Gasteiger charge is -2.53. The van der Waals surface area contributed by atoms with Gasteiger partial charge in [-0.2, -0.15) is 0 Å². The second-order valence-electron chi connectivity index (χ2n) is 8.15. The number of nitrogens with zero attached hydrogens (tertiary/aromatic N) is 1. The summed E-state index contributed by atoms with van der Waals surface area (Å²) in [5.74, 6) is -0.879. The minimum Gasteiger partial charge on any atom is -0.482 e. The number of hydrogen-bond acceptors (Lipinski definition) is 5. The van der Waals surface area contributed by atoms with Gasteiger partial charge in [0, 0.05) is 31.0 Å². The van der Waals surface area contributed by atoms with Gasteiger partial charge in [0.05, 0.1) is 4.90 Å². The van der Waals surface area contributed by atoms with E-state index >= 15 is 0 Å². The Morgan fingerprint density at radius 3 is 2.42 bits per heavy atom. The number of likely N-dealkylation sites (tertiary alicyclic amines) is 1. The van der Waals surface area contributed by atoms with Crippen molar-refractivity contribution < 1.29 is 27.4 Å². The maximum absolute atomic E-state index is 15.0. The van der Waals surface area contributed by atoms with Crippen LogP contribution in [0.15, 0.2) is 52.3 Å². The minimum atomic E-state index is -4.10. The van der Waals surface area contributed by atoms with Crippen molar-refractivity contribution in [1.29, 1.82) is 0 Å². The molecule has 1 saturated heterocycles. The number of amides is 1. The number of halogens is 1. The molecule has 166 valence electrons. The van der Waals surface area contributed by atoms with Gasteiger partial charge in [-0.3, -0.25) is 4.79 Å². The van der Waals surface area contributed by atoms with Gasteiger partial charge in [-0.05, 0) is 37.5 Å². The molecule has 1 amide bonds. The first-order valence-electron chi connectivity index (χ1n) is 10.5. The largest absolute Gasteiger partial charge is 0.482 e. The Morgan fingerprint density at radius 1 is 1.16 bits per heavy atom. The van der Waals surface area contributed by atoms with Crippen LogP contribution in [-0.2, 0) is 21.1 Å². The molecule has 0 spiro atoms. The molecule has 2 aromatic rings. The summed E-state index contributed by atoms with van der Waals surface area (Å²) in [6.07, 6.45) is 1.74. The predicted molar refractivity (Wildman–Crippen MR) is 112 cm³/mol. The lowest BCUT2D eigenvalue weighted by molar-refractivity contribution is -0.227. The van der Waals surface area contributed by atoms with Crippen molar-refractivity contribution in [2.24, 2.45) is 0 Å². The number of carbonyl (C=O) groups excluding carboxylic acids is 1. The molecule has 1 atom stereocenters. The van der Waals surface area contributed by atoms with Crippen LogP contribution in [0.25, 0.3) is 0 Å². The molecule has 2 aliphatic heterocycles. The molecule has 0 radical (unpaired) electrons. The van der Waals surface area contributed by atoms with Crippen LogP contribution in [-0.4, -0.2) is 42.2 Å². The fraction of sp³-hybridized carbons (Fsp3) is 0.435. The number of aliphatic hydroxyl groups is 1. The van der Waals surface area contributed by atoms with Crippen molar-refractivity contribution in [2.45, 2.75) is 67.1 Å². The summed E-state index contributed by atoms with van der Waals surface area (Å²) >= 11 is 0. The van der Waals surface area contributed by atoms with Crippen molar-refractivity contribution in [1.82, 2.24) is 4.90 Å². The molecule has 1 unspecified atom stereocenters. The number of benzene rings is 2. The van der Waals surface area contributed by atoms with Crippen LogP contribution < -0.4 is 4.74 Å². The summed E-state index contributed by atoms with van der Waals surface area (Å²) in [6, 6.07) is 9.94. The monoisotopic (exact) mass is 447 g/mol. The Kier molecular flexibility index (Phi) is 5.34. The molecule has 0 aliphatic carbocycles. The SMILES string of the molecule is CCC1(CC)Oc2cc(F)c(S(=O)(=O)c3ccccc3)cc2CC1(O)N1CCCC1=O. The van der Waals surface area contributed by atoms with Gasteiger partial charge < -0.3 is 14.7 Å². The summed E-state index contributed by atoms with van der Waals surface area (Å²) in [4.78, 5) is 13.5. The maximum Gasteiger partial charge on any atom is 0.225 e. The molecular weight excluding hydrogens is 421 g/mol. The van der Waals surface area contributed by atoms with E-state index in [1.54, 1.807) is 18.2 Å². The molecule has 1 fully saturated rings. The van der Waals surface area contributed by atoms with Gasteiger partial charge >= 0.3 is 0 Å². The summed E-state index contributed by atoms with van der Waals surface area (Å²) in [5.41, 5.74) is -2.41. The van der Waals surface area contributed by atoms with E-state index in [0.717, 1.165) is 6.07 Å². The van der Waals surface area contributed by atoms with E-state index < -0.39 is 31.9 Å². The van der Waals surface area contributed by atoms with Crippen LogP contribution >= 0.6 is 0 Å². The standard InChI is InChI=1S/C23H26FNO5S/c1-3-22(4-2)23(27,25-12-8-11-21(25)26)15-16-13-20(18(24)14-19(16)30-22)31(28,29)17-9-6-5-7-10-17/h5-7,9-10,13-14,27H,3-4,8,11-12,15H2,1-2H3. The Hall–Kier alpha value is -2.45. The van der Waals surface area contributed by atoms with Gasteiger partial charge in [-0.25, -0.2) is 12.8 Å². The van der Waals surface area contributed by atoms with Crippen LogP contribution in [0.1, 0.15) is 45.1 Å². The van der Waals surface area contributed by atoms with E-state index in [4.69, 9.17) is 4.74 Å². The first kappa shape index (κ1) is 21.8. The maximum atomic E-state index is 15.0. The fourth-order valence-corrected chi connectivity index (χ4v) is 6.19. The highest BCUT2D eigenvalue weighted by Crippen LogP contribution is 2.47. The molecule has 6 nitrogen and oxygen atoms in total. The lowest BCUT2D eigenvalue weighted by atomic mass is 9.77. The average molecular weight is 448 g/mol. The highest BCUT2D eigenvalue weighted by molar-refractivity contribution is 7.91. The second kappa shape index (κ2) is 7.60. The van der Waals surface area contributed by atoms with E-state index in [1.165, 1.54) is 23.1 Å². The third-order valence-corrected chi connectivity index (χ3v) is 8.38. The van der Waals surface area contributed by atoms with E-state index in [-0.39, 0.29) is 23.0 Å². The van der Waals surface area contributed by atoms with Gasteiger partial charge in [-0.15, -0.1) is 0 Å². The molecule has 31 heavy (non-hydrogen) atoms. The molecule has 0 saturated carbocycles. The van der Waals surface area contributed by atoms with Crippen LogP contribution in [0.5, 0.6) is 5.75 Å². The van der Waals surface area contributed by atoms with Crippen molar-refractivity contribution >= 4 is 15.7 Å². The highest BCUT2D eigenvalue weighted by Gasteiger charge is 2.59. The normalized spacial score (nSPS) is 22.8. The van der Waals surface area contributed by atoms with Gasteiger partial charge in [-0.1, -0.05) is 32.0 Å². The quantitative estimate of drug-likeness (QED) is 0.759. The van der Waals surface area contributed by atoms with E-state index in [1.807, 2.05) is 13.8 Å². The lowest BCUT2D eigenvalue weighted by Crippen LogP contribution is -2.69. The predicted octanol–water partition coefficient (Wildman–Crippen LogP) is 3.46. The molecule has 4 rings (SSSR count). The first-order valence-corrected chi connectivity index (χ1v) is 12.0. The van der Waals surface area contributed by atoms with Crippen LogP contribution in [0.2, 0.25) is 0 Å². The number of rotatable bonds is 5. The summed E-state index contributed by atoms with van der Waals surface area (Å²) in [7, 11) is -4.10. The number of sulfone groups is 1. The van der Waals surface area contributed by atoms with E-state index in [0.29, 0.717) is 37.8 Å². The van der Waals surface area contributed by atoms with Crippen LogP contribution in [0.4, 0.5) is 4.39 Å². The van der Waals surface area contributed by atoms with Crippen LogP contribution in [0, 0.1) is 5.82 Å². The van der Waals surface area contributed by atoms with Crippen molar-refractivity contribution in [3.8, 4) is 5.75 Å². The highest BCUT2D eigenvalue weighted by atomic mass is 32.2. The number of ether oxygens (including phenoxy) is 1. The second-order valence-corrected chi connectivity index (χ2v) is 10.1. The average Bonchev–Trinajstić information content (AvgIpc) is 3.20. The van der Waals surface area contributed by atoms with Gasteiger partial charge in [0.25, 0.3) is 0 Å². The molecule has 2 heterocycles. The Bertz CT molecular complexity index is 1110. The molecule has 2 aliphatic rings. The zero-order valence-corrected chi connectivity index (χ0v) is 18.4. The Labute approximate surface area is 181 Å². The number of fused-ring (bicyclic) bond motifs is 1. The van der Waals surface area contributed by atoms with Crippen molar-refractivity contribution in [3.05, 3.63) is 53.8 Å². The third kappa shape index (κ3) is 3.24. The summed E-state index contributed by atoms with van der Waals surface area (Å²) in [6.45, 7) is 4.10. The van der Waals surface area contributed by atoms with Gasteiger partial charge in [0.15, 0.2) is 11.3 Å². The van der Waals surface area contributed by atoms with Crippen molar-refractivity contribution in [3.63, 3.8) is 0 Å². The Balaban J connectivity index is 1.85. The zero-order chi connectivity index (χ0) is 22.4. The minimum absolute atomic E-state index is 0.0213. The summed E-state index contributed by atoms with van der Waals surface area (Å²) < 4.78 is 47.2. The smallest absolute Gasteiger partial charge is 0.225 e. The molecule has 0 aromatic heterocycles. The zero-order valence-electron chi connectivity index (χ0n) is 17.6. The Morgan fingerprint density at radius 2 is 1.84 bits per heavy atom. The molecule has 0 bridgehead atoms. The van der Waals surface area contributed by atoms with Crippen molar-refractivity contribution in [2.75, 3.05) is 6.54 Å². The first-order chi connectivity index (χ1) is 14.7. The van der Waals surface area contributed by atoms with E-state index in [2.05, 4.69) is 0 Å².